The van der Waals surface area contributed by atoms with Gasteiger partial charge in [-0.3, -0.25) is 4.79 Å². The van der Waals surface area contributed by atoms with Crippen molar-refractivity contribution in [2.45, 2.75) is 34.6 Å². The van der Waals surface area contributed by atoms with Crippen molar-refractivity contribution in [1.29, 1.82) is 0 Å². The molecule has 15 heavy (non-hydrogen) atoms. The van der Waals surface area contributed by atoms with Crippen LogP contribution in [0, 0.1) is 5.41 Å². The molecule has 0 aliphatic rings. The number of hydrogen-bond acceptors (Lipinski definition) is 4. The maximum atomic E-state index is 9.83. The lowest BCUT2D eigenvalue weighted by Gasteiger charge is -2.03. The van der Waals surface area contributed by atoms with Gasteiger partial charge in [-0.1, -0.05) is 34.6 Å². The minimum Gasteiger partial charge on any atom is -0.303 e. The van der Waals surface area contributed by atoms with Crippen molar-refractivity contribution in [3.05, 3.63) is 16.6 Å². The quantitative estimate of drug-likeness (QED) is 0.695. The van der Waals surface area contributed by atoms with Crippen LogP contribution in [0.4, 0.5) is 0 Å². The van der Waals surface area contributed by atoms with E-state index in [1.54, 1.807) is 11.6 Å². The lowest BCUT2D eigenvalue weighted by molar-refractivity contribution is -0.113. The Morgan fingerprint density at radius 1 is 1.27 bits per heavy atom. The molecule has 3 nitrogen and oxygen atoms in total. The van der Waals surface area contributed by atoms with Gasteiger partial charge >= 0.3 is 0 Å². The molecule has 0 amide bonds. The molecule has 1 rings (SSSR count). The van der Waals surface area contributed by atoms with Gasteiger partial charge in [-0.25, -0.2) is 4.98 Å². The van der Waals surface area contributed by atoms with Gasteiger partial charge in [-0.05, 0) is 0 Å². The van der Waals surface area contributed by atoms with E-state index in [2.05, 4.69) is 4.98 Å². The summed E-state index contributed by atoms with van der Waals surface area (Å²) in [5.41, 5.74) is -0.139. The average Bonchev–Trinajstić information content (AvgIpc) is 2.73. The van der Waals surface area contributed by atoms with Gasteiger partial charge in [-0.15, -0.1) is 11.3 Å². The zero-order chi connectivity index (χ0) is 12.3. The van der Waals surface area contributed by atoms with Crippen LogP contribution in [0.15, 0.2) is 11.6 Å². The second kappa shape index (κ2) is 9.52. The number of aldehydes is 2. The number of carbonyl (C=O) groups is 2. The van der Waals surface area contributed by atoms with E-state index < -0.39 is 0 Å². The summed E-state index contributed by atoms with van der Waals surface area (Å²) in [5.74, 6) is 0. The van der Waals surface area contributed by atoms with Crippen LogP contribution in [-0.2, 0) is 4.79 Å². The monoisotopic (exact) mass is 229 g/mol. The second-order valence-corrected chi connectivity index (χ2v) is 4.40. The van der Waals surface area contributed by atoms with Crippen LogP contribution in [-0.4, -0.2) is 17.6 Å². The number of aromatic nitrogens is 1. The molecular formula is C11H19NO2S. The molecule has 0 unspecified atom stereocenters. The highest BCUT2D eigenvalue weighted by Gasteiger charge is 2.04. The van der Waals surface area contributed by atoms with Gasteiger partial charge in [0.15, 0.2) is 11.3 Å². The summed E-state index contributed by atoms with van der Waals surface area (Å²) in [7, 11) is 0. The van der Waals surface area contributed by atoms with E-state index in [1.807, 2.05) is 34.6 Å². The van der Waals surface area contributed by atoms with Gasteiger partial charge < -0.3 is 4.79 Å². The lowest BCUT2D eigenvalue weighted by atomic mass is 10.0. The Kier molecular flexibility index (Phi) is 10.4. The van der Waals surface area contributed by atoms with E-state index in [4.69, 9.17) is 0 Å². The second-order valence-electron chi connectivity index (χ2n) is 3.47. The molecule has 0 aliphatic heterocycles. The van der Waals surface area contributed by atoms with Crippen molar-refractivity contribution in [2.24, 2.45) is 5.41 Å². The highest BCUT2D eigenvalue weighted by Crippen LogP contribution is 2.05. The highest BCUT2D eigenvalue weighted by molar-refractivity contribution is 7.11. The van der Waals surface area contributed by atoms with Crippen molar-refractivity contribution in [3.63, 3.8) is 0 Å². The van der Waals surface area contributed by atoms with Crippen molar-refractivity contribution in [3.8, 4) is 0 Å². The Hall–Kier alpha value is -1.03. The first-order chi connectivity index (χ1) is 6.99. The van der Waals surface area contributed by atoms with Crippen molar-refractivity contribution in [2.75, 3.05) is 0 Å². The summed E-state index contributed by atoms with van der Waals surface area (Å²) in [6, 6.07) is 0. The van der Waals surface area contributed by atoms with E-state index in [0.717, 1.165) is 12.6 Å². The Morgan fingerprint density at radius 3 is 1.87 bits per heavy atom. The van der Waals surface area contributed by atoms with Crippen LogP contribution in [0.5, 0.6) is 0 Å². The van der Waals surface area contributed by atoms with Crippen molar-refractivity contribution in [1.82, 2.24) is 4.98 Å². The molecule has 0 spiro atoms. The highest BCUT2D eigenvalue weighted by atomic mass is 32.1. The standard InChI is InChI=1S/C5H10O.C4H3NOS.C2H6/c1-5(2,3)4-6;6-3-4-5-1-2-7-4;1-2/h4H,1-3H3;1-3H;1-2H3. The molecule has 0 aromatic carbocycles. The molecule has 4 heteroatoms. The topological polar surface area (TPSA) is 47.0 Å². The Bertz CT molecular complexity index is 250. The molecule has 1 aromatic heterocycles. The molecule has 0 atom stereocenters. The number of carbonyl (C=O) groups excluding carboxylic acids is 2. The molecular weight excluding hydrogens is 210 g/mol. The number of thiazole rings is 1. The van der Waals surface area contributed by atoms with Crippen LogP contribution in [0.25, 0.3) is 0 Å². The van der Waals surface area contributed by atoms with E-state index in [1.165, 1.54) is 11.3 Å². The van der Waals surface area contributed by atoms with E-state index >= 15 is 0 Å². The first-order valence-corrected chi connectivity index (χ1v) is 5.68. The van der Waals surface area contributed by atoms with Gasteiger partial charge in [0.05, 0.1) is 0 Å². The summed E-state index contributed by atoms with van der Waals surface area (Å²) in [4.78, 5) is 23.3. The fourth-order valence-corrected chi connectivity index (χ4v) is 0.731. The van der Waals surface area contributed by atoms with Crippen LogP contribution in [0.3, 0.4) is 0 Å². The normalized spacial score (nSPS) is 8.87. The van der Waals surface area contributed by atoms with Gasteiger partial charge in [-0.2, -0.15) is 0 Å². The zero-order valence-corrected chi connectivity index (χ0v) is 10.8. The summed E-state index contributed by atoms with van der Waals surface area (Å²) in [6.07, 6.45) is 3.28. The fourth-order valence-electron chi connectivity index (χ4n) is 0.293. The molecule has 0 fully saturated rings. The maximum absolute atomic E-state index is 9.83. The van der Waals surface area contributed by atoms with Crippen LogP contribution in [0.1, 0.15) is 44.4 Å². The maximum Gasteiger partial charge on any atom is 0.178 e. The molecule has 0 saturated heterocycles. The Labute approximate surface area is 95.5 Å². The third-order valence-corrected chi connectivity index (χ3v) is 1.61. The largest absolute Gasteiger partial charge is 0.303 e. The first-order valence-electron chi connectivity index (χ1n) is 4.80. The van der Waals surface area contributed by atoms with Gasteiger partial charge in [0, 0.05) is 17.0 Å². The number of nitrogens with zero attached hydrogens (tertiary/aromatic N) is 1. The minimum absolute atomic E-state index is 0.139. The molecule has 86 valence electrons. The smallest absolute Gasteiger partial charge is 0.178 e. The summed E-state index contributed by atoms with van der Waals surface area (Å²) < 4.78 is 0. The molecule has 0 radical (unpaired) electrons. The van der Waals surface area contributed by atoms with E-state index in [0.29, 0.717) is 5.01 Å². The van der Waals surface area contributed by atoms with Crippen LogP contribution < -0.4 is 0 Å². The molecule has 0 aliphatic carbocycles. The number of rotatable bonds is 1. The Balaban J connectivity index is 0. The van der Waals surface area contributed by atoms with E-state index in [9.17, 15) is 9.59 Å². The summed E-state index contributed by atoms with van der Waals surface area (Å²) in [5, 5.41) is 2.31. The molecule has 1 heterocycles. The molecule has 1 aromatic rings. The molecule has 0 saturated carbocycles. The van der Waals surface area contributed by atoms with Gasteiger partial charge in [0.25, 0.3) is 0 Å². The van der Waals surface area contributed by atoms with Crippen LogP contribution >= 0.6 is 11.3 Å². The fraction of sp³-hybridized carbons (Fsp3) is 0.545. The van der Waals surface area contributed by atoms with Gasteiger partial charge in [0.2, 0.25) is 0 Å². The van der Waals surface area contributed by atoms with Crippen molar-refractivity contribution < 1.29 is 9.59 Å². The summed E-state index contributed by atoms with van der Waals surface area (Å²) in [6.45, 7) is 9.62. The molecule has 0 bridgehead atoms. The summed E-state index contributed by atoms with van der Waals surface area (Å²) >= 11 is 1.34. The van der Waals surface area contributed by atoms with Crippen molar-refractivity contribution >= 4 is 23.9 Å². The predicted octanol–water partition coefficient (Wildman–Crippen LogP) is 3.21. The lowest BCUT2D eigenvalue weighted by Crippen LogP contribution is -2.04. The SMILES string of the molecule is CC.CC(C)(C)C=O.O=Cc1nccs1. The van der Waals surface area contributed by atoms with Crippen LogP contribution in [0.2, 0.25) is 0 Å². The predicted molar refractivity (Wildman–Crippen MR) is 64.4 cm³/mol. The first kappa shape index (κ1) is 16.4. The third kappa shape index (κ3) is 13.0. The van der Waals surface area contributed by atoms with E-state index in [-0.39, 0.29) is 5.41 Å². The third-order valence-electron chi connectivity index (χ3n) is 0.906. The van der Waals surface area contributed by atoms with Gasteiger partial charge in [0.1, 0.15) is 6.29 Å². The minimum atomic E-state index is -0.139. The average molecular weight is 229 g/mol. The number of hydrogen-bond donors (Lipinski definition) is 0. The zero-order valence-electron chi connectivity index (χ0n) is 9.98. The Morgan fingerprint density at radius 2 is 1.73 bits per heavy atom. The molecule has 0 N–H and O–H groups in total.